The van der Waals surface area contributed by atoms with Gasteiger partial charge in [0.05, 0.1) is 5.41 Å². The molecule has 1 atom stereocenters. The number of amides is 1. The highest BCUT2D eigenvalue weighted by Gasteiger charge is 2.35. The summed E-state index contributed by atoms with van der Waals surface area (Å²) in [6.45, 7) is 5.88. The first kappa shape index (κ1) is 17.2. The zero-order valence-corrected chi connectivity index (χ0v) is 13.1. The van der Waals surface area contributed by atoms with E-state index in [2.05, 4.69) is 5.32 Å². The van der Waals surface area contributed by atoms with E-state index in [0.29, 0.717) is 19.3 Å². The molecule has 1 aromatic carbocycles. The van der Waals surface area contributed by atoms with Gasteiger partial charge in [-0.1, -0.05) is 51.1 Å². The molecule has 4 nitrogen and oxygen atoms in total. The van der Waals surface area contributed by atoms with E-state index >= 15 is 0 Å². The quantitative estimate of drug-likeness (QED) is 0.773. The lowest BCUT2D eigenvalue weighted by Gasteiger charge is -2.27. The molecule has 0 saturated carbocycles. The van der Waals surface area contributed by atoms with Gasteiger partial charge in [0.25, 0.3) is 0 Å². The number of rotatable bonds is 8. The number of aliphatic carboxylic acids is 1. The van der Waals surface area contributed by atoms with Crippen molar-refractivity contribution in [3.05, 3.63) is 35.9 Å². The van der Waals surface area contributed by atoms with Crippen LogP contribution in [-0.4, -0.2) is 23.5 Å². The lowest BCUT2D eigenvalue weighted by atomic mass is 9.82. The lowest BCUT2D eigenvalue weighted by Crippen LogP contribution is -2.42. The summed E-state index contributed by atoms with van der Waals surface area (Å²) in [5.74, 6) is -0.823. The average molecular weight is 291 g/mol. The Bertz CT molecular complexity index is 466. The first-order chi connectivity index (χ1) is 9.95. The smallest absolute Gasteiger partial charge is 0.311 e. The van der Waals surface area contributed by atoms with Crippen molar-refractivity contribution in [2.75, 3.05) is 6.54 Å². The van der Waals surface area contributed by atoms with Crippen molar-refractivity contribution in [1.29, 1.82) is 0 Å². The van der Waals surface area contributed by atoms with Gasteiger partial charge in [0.2, 0.25) is 5.91 Å². The first-order valence-corrected chi connectivity index (χ1v) is 7.50. The molecule has 1 amide bonds. The van der Waals surface area contributed by atoms with E-state index in [9.17, 15) is 14.7 Å². The molecule has 0 heterocycles. The fourth-order valence-corrected chi connectivity index (χ4v) is 2.40. The summed E-state index contributed by atoms with van der Waals surface area (Å²) < 4.78 is 0. The third-order valence-corrected chi connectivity index (χ3v) is 4.29. The van der Waals surface area contributed by atoms with E-state index in [1.165, 1.54) is 0 Å². The van der Waals surface area contributed by atoms with Crippen molar-refractivity contribution >= 4 is 11.9 Å². The van der Waals surface area contributed by atoms with Crippen LogP contribution in [0, 0.1) is 5.41 Å². The topological polar surface area (TPSA) is 66.4 Å². The van der Waals surface area contributed by atoms with Crippen LogP contribution in [0.1, 0.15) is 51.5 Å². The lowest BCUT2D eigenvalue weighted by molar-refractivity contribution is -0.149. The zero-order chi connectivity index (χ0) is 15.9. The van der Waals surface area contributed by atoms with Crippen LogP contribution in [0.25, 0.3) is 0 Å². The Morgan fingerprint density at radius 3 is 2.24 bits per heavy atom. The van der Waals surface area contributed by atoms with Gasteiger partial charge in [0.1, 0.15) is 0 Å². The summed E-state index contributed by atoms with van der Waals surface area (Å²) in [5, 5.41) is 12.1. The number of hydrogen-bond acceptors (Lipinski definition) is 2. The fraction of sp³-hybridized carbons (Fsp3) is 0.529. The van der Waals surface area contributed by atoms with Crippen LogP contribution in [0.2, 0.25) is 0 Å². The van der Waals surface area contributed by atoms with Crippen LogP contribution in [0.4, 0.5) is 0 Å². The van der Waals surface area contributed by atoms with Gasteiger partial charge in [-0.25, -0.2) is 0 Å². The second-order valence-electron chi connectivity index (χ2n) is 5.59. The molecule has 1 unspecified atom stereocenters. The van der Waals surface area contributed by atoms with E-state index in [-0.39, 0.29) is 18.4 Å². The molecule has 116 valence electrons. The third kappa shape index (κ3) is 4.59. The molecule has 0 fully saturated rings. The molecule has 0 spiro atoms. The van der Waals surface area contributed by atoms with Crippen LogP contribution in [0.15, 0.2) is 30.3 Å². The third-order valence-electron chi connectivity index (χ3n) is 4.29. The van der Waals surface area contributed by atoms with Gasteiger partial charge in [-0.3, -0.25) is 9.59 Å². The molecule has 1 rings (SSSR count). The second kappa shape index (κ2) is 7.81. The number of benzene rings is 1. The van der Waals surface area contributed by atoms with Gasteiger partial charge in [-0.05, 0) is 24.3 Å². The molecule has 0 aliphatic rings. The highest BCUT2D eigenvalue weighted by atomic mass is 16.4. The van der Waals surface area contributed by atoms with Crippen molar-refractivity contribution in [2.24, 2.45) is 5.41 Å². The Hall–Kier alpha value is -1.84. The molecule has 0 aliphatic carbocycles. The Labute approximate surface area is 126 Å². The fourth-order valence-electron chi connectivity index (χ4n) is 2.40. The number of carbonyl (C=O) groups excluding carboxylic acids is 1. The number of carboxylic acid groups (broad SMARTS) is 1. The molecule has 0 bridgehead atoms. The number of nitrogens with one attached hydrogen (secondary N) is 1. The molecule has 1 aromatic rings. The van der Waals surface area contributed by atoms with Crippen LogP contribution in [0.3, 0.4) is 0 Å². The summed E-state index contributed by atoms with van der Waals surface area (Å²) in [4.78, 5) is 23.4. The minimum absolute atomic E-state index is 0.0983. The molecule has 2 N–H and O–H groups in total. The molecular formula is C17H25NO3. The van der Waals surface area contributed by atoms with Crippen molar-refractivity contribution in [2.45, 2.75) is 46.0 Å². The Morgan fingerprint density at radius 2 is 1.76 bits per heavy atom. The molecule has 0 saturated heterocycles. The summed E-state index contributed by atoms with van der Waals surface area (Å²) in [7, 11) is 0. The van der Waals surface area contributed by atoms with Crippen LogP contribution >= 0.6 is 0 Å². The average Bonchev–Trinajstić information content (AvgIpc) is 2.49. The monoisotopic (exact) mass is 291 g/mol. The van der Waals surface area contributed by atoms with Gasteiger partial charge in [-0.2, -0.15) is 0 Å². The summed E-state index contributed by atoms with van der Waals surface area (Å²) in [6, 6.07) is 9.84. The predicted molar refractivity (Wildman–Crippen MR) is 83.1 cm³/mol. The molecule has 4 heteroatoms. The minimum atomic E-state index is -0.856. The van der Waals surface area contributed by atoms with Crippen LogP contribution in [0.5, 0.6) is 0 Å². The van der Waals surface area contributed by atoms with Gasteiger partial charge in [0.15, 0.2) is 0 Å². The Morgan fingerprint density at radius 1 is 1.19 bits per heavy atom. The van der Waals surface area contributed by atoms with E-state index in [1.807, 2.05) is 51.1 Å². The van der Waals surface area contributed by atoms with Crippen molar-refractivity contribution in [3.8, 4) is 0 Å². The summed E-state index contributed by atoms with van der Waals surface area (Å²) in [6.07, 6.45) is 1.38. The van der Waals surface area contributed by atoms with E-state index in [1.54, 1.807) is 0 Å². The van der Waals surface area contributed by atoms with Crippen molar-refractivity contribution < 1.29 is 14.7 Å². The maximum atomic E-state index is 12.0. The molecular weight excluding hydrogens is 266 g/mol. The molecule has 0 aliphatic heterocycles. The maximum Gasteiger partial charge on any atom is 0.311 e. The first-order valence-electron chi connectivity index (χ1n) is 7.50. The van der Waals surface area contributed by atoms with Gasteiger partial charge in [-0.15, -0.1) is 0 Å². The Balaban J connectivity index is 2.56. The number of hydrogen-bond donors (Lipinski definition) is 2. The van der Waals surface area contributed by atoms with Crippen molar-refractivity contribution in [3.63, 3.8) is 0 Å². The maximum absolute atomic E-state index is 12.0. The van der Waals surface area contributed by atoms with E-state index in [0.717, 1.165) is 5.56 Å². The van der Waals surface area contributed by atoms with Gasteiger partial charge >= 0.3 is 5.97 Å². The SMILES string of the molecule is CCC(CC)(CNC(=O)CC(C)c1ccccc1)C(=O)O. The van der Waals surface area contributed by atoms with Gasteiger partial charge < -0.3 is 10.4 Å². The van der Waals surface area contributed by atoms with Crippen LogP contribution in [-0.2, 0) is 9.59 Å². The second-order valence-corrected chi connectivity index (χ2v) is 5.59. The van der Waals surface area contributed by atoms with Crippen molar-refractivity contribution in [1.82, 2.24) is 5.32 Å². The summed E-state index contributed by atoms with van der Waals surface area (Å²) >= 11 is 0. The van der Waals surface area contributed by atoms with Crippen LogP contribution < -0.4 is 5.32 Å². The predicted octanol–water partition coefficient (Wildman–Crippen LogP) is 3.19. The molecule has 0 radical (unpaired) electrons. The van der Waals surface area contributed by atoms with E-state index in [4.69, 9.17) is 0 Å². The largest absolute Gasteiger partial charge is 0.481 e. The standard InChI is InChI=1S/C17H25NO3/c1-4-17(5-2,16(20)21)12-18-15(19)11-13(3)14-9-7-6-8-10-14/h6-10,13H,4-5,11-12H2,1-3H3,(H,18,19)(H,20,21). The highest BCUT2D eigenvalue weighted by molar-refractivity contribution is 5.79. The molecule has 0 aromatic heterocycles. The highest BCUT2D eigenvalue weighted by Crippen LogP contribution is 2.26. The zero-order valence-electron chi connectivity index (χ0n) is 13.1. The van der Waals surface area contributed by atoms with E-state index < -0.39 is 11.4 Å². The number of carboxylic acids is 1. The van der Waals surface area contributed by atoms with Gasteiger partial charge in [0, 0.05) is 13.0 Å². The minimum Gasteiger partial charge on any atom is -0.481 e. The number of carbonyl (C=O) groups is 2. The Kier molecular flexibility index (Phi) is 6.40. The molecule has 21 heavy (non-hydrogen) atoms. The normalized spacial score (nSPS) is 12.7. The summed E-state index contributed by atoms with van der Waals surface area (Å²) in [5.41, 5.74) is 0.258.